The smallest absolute Gasteiger partial charge is 0.122 e. The monoisotopic (exact) mass is 225 g/mol. The van der Waals surface area contributed by atoms with Crippen molar-refractivity contribution < 1.29 is 4.74 Å². The van der Waals surface area contributed by atoms with Crippen molar-refractivity contribution in [3.63, 3.8) is 0 Å². The summed E-state index contributed by atoms with van der Waals surface area (Å²) in [4.78, 5) is 0. The molecule has 2 nitrogen and oxygen atoms in total. The third kappa shape index (κ3) is 1.44. The highest BCUT2D eigenvalue weighted by Gasteiger charge is 2.59. The van der Waals surface area contributed by atoms with Crippen molar-refractivity contribution in [2.75, 3.05) is 20.2 Å². The minimum atomic E-state index is 0. The number of piperidine rings is 1. The topological polar surface area (TPSA) is 21.3 Å². The minimum absolute atomic E-state index is 0. The number of nitrogens with one attached hydrogen (secondary N) is 1. The van der Waals surface area contributed by atoms with Gasteiger partial charge in [0, 0.05) is 17.5 Å². The molecule has 2 unspecified atom stereocenters. The summed E-state index contributed by atoms with van der Waals surface area (Å²) < 4.78 is 5.42. The van der Waals surface area contributed by atoms with Gasteiger partial charge in [-0.05, 0) is 24.9 Å². The van der Waals surface area contributed by atoms with Crippen molar-refractivity contribution in [1.82, 2.24) is 5.32 Å². The Morgan fingerprint density at radius 2 is 2.20 bits per heavy atom. The molecule has 0 spiro atoms. The number of halogens is 1. The molecular formula is C12H16ClNO. The third-order valence-corrected chi connectivity index (χ3v) is 3.71. The SMILES string of the molecule is COc1ccccc1C12CNCC1C2.Cl. The van der Waals surface area contributed by atoms with Crippen molar-refractivity contribution in [3.8, 4) is 5.75 Å². The van der Waals surface area contributed by atoms with Gasteiger partial charge in [0.1, 0.15) is 5.75 Å². The number of hydrogen-bond donors (Lipinski definition) is 1. The highest BCUT2D eigenvalue weighted by Crippen LogP contribution is 2.58. The van der Waals surface area contributed by atoms with Crippen molar-refractivity contribution in [2.45, 2.75) is 11.8 Å². The number of methoxy groups -OCH3 is 1. The molecular weight excluding hydrogens is 210 g/mol. The summed E-state index contributed by atoms with van der Waals surface area (Å²) in [6, 6.07) is 8.43. The van der Waals surface area contributed by atoms with Crippen molar-refractivity contribution in [3.05, 3.63) is 29.8 Å². The lowest BCUT2D eigenvalue weighted by Crippen LogP contribution is -2.19. The van der Waals surface area contributed by atoms with Gasteiger partial charge in [0.15, 0.2) is 0 Å². The molecule has 15 heavy (non-hydrogen) atoms. The Balaban J connectivity index is 0.000000853. The first-order valence-electron chi connectivity index (χ1n) is 5.21. The maximum absolute atomic E-state index is 5.42. The Morgan fingerprint density at radius 1 is 1.40 bits per heavy atom. The van der Waals surface area contributed by atoms with E-state index in [0.29, 0.717) is 5.41 Å². The van der Waals surface area contributed by atoms with E-state index in [2.05, 4.69) is 23.5 Å². The molecule has 2 aliphatic rings. The van der Waals surface area contributed by atoms with Crippen LogP contribution >= 0.6 is 12.4 Å². The maximum Gasteiger partial charge on any atom is 0.122 e. The number of ether oxygens (including phenoxy) is 1. The fourth-order valence-electron chi connectivity index (χ4n) is 2.82. The lowest BCUT2D eigenvalue weighted by molar-refractivity contribution is 0.404. The van der Waals surface area contributed by atoms with E-state index in [4.69, 9.17) is 4.74 Å². The van der Waals surface area contributed by atoms with Crippen molar-refractivity contribution >= 4 is 12.4 Å². The molecule has 1 N–H and O–H groups in total. The molecule has 1 saturated heterocycles. The van der Waals surface area contributed by atoms with Crippen LogP contribution in [0.4, 0.5) is 0 Å². The van der Waals surface area contributed by atoms with E-state index < -0.39 is 0 Å². The average molecular weight is 226 g/mol. The van der Waals surface area contributed by atoms with Gasteiger partial charge in [-0.1, -0.05) is 18.2 Å². The van der Waals surface area contributed by atoms with E-state index in [-0.39, 0.29) is 12.4 Å². The number of rotatable bonds is 2. The van der Waals surface area contributed by atoms with Crippen LogP contribution < -0.4 is 10.1 Å². The van der Waals surface area contributed by atoms with Crippen LogP contribution in [-0.2, 0) is 5.41 Å². The molecule has 0 radical (unpaired) electrons. The quantitative estimate of drug-likeness (QED) is 0.831. The predicted molar refractivity (Wildman–Crippen MR) is 62.9 cm³/mol. The van der Waals surface area contributed by atoms with Crippen LogP contribution in [0.5, 0.6) is 5.75 Å². The van der Waals surface area contributed by atoms with E-state index in [1.165, 1.54) is 18.5 Å². The minimum Gasteiger partial charge on any atom is -0.496 e. The summed E-state index contributed by atoms with van der Waals surface area (Å²) in [5.41, 5.74) is 1.81. The van der Waals surface area contributed by atoms with E-state index in [1.807, 2.05) is 6.07 Å². The van der Waals surface area contributed by atoms with Crippen LogP contribution in [0, 0.1) is 5.92 Å². The number of para-hydroxylation sites is 1. The number of benzene rings is 1. The van der Waals surface area contributed by atoms with E-state index in [9.17, 15) is 0 Å². The average Bonchev–Trinajstić information content (AvgIpc) is 2.82. The van der Waals surface area contributed by atoms with Crippen LogP contribution in [-0.4, -0.2) is 20.2 Å². The van der Waals surface area contributed by atoms with Crippen molar-refractivity contribution in [2.24, 2.45) is 5.92 Å². The van der Waals surface area contributed by atoms with Gasteiger partial charge in [-0.25, -0.2) is 0 Å². The first-order chi connectivity index (χ1) is 6.87. The highest BCUT2D eigenvalue weighted by molar-refractivity contribution is 5.85. The van der Waals surface area contributed by atoms with E-state index in [0.717, 1.165) is 18.2 Å². The lowest BCUT2D eigenvalue weighted by Gasteiger charge is -2.15. The molecule has 1 aromatic rings. The molecule has 0 bridgehead atoms. The van der Waals surface area contributed by atoms with Gasteiger partial charge in [0.05, 0.1) is 7.11 Å². The number of fused-ring (bicyclic) bond motifs is 1. The molecule has 0 amide bonds. The zero-order chi connectivity index (χ0) is 9.60. The molecule has 3 rings (SSSR count). The van der Waals surface area contributed by atoms with Crippen LogP contribution in [0.15, 0.2) is 24.3 Å². The maximum atomic E-state index is 5.42. The Morgan fingerprint density at radius 3 is 2.80 bits per heavy atom. The van der Waals surface area contributed by atoms with Gasteiger partial charge in [-0.3, -0.25) is 0 Å². The summed E-state index contributed by atoms with van der Waals surface area (Å²) in [5, 5.41) is 3.46. The molecule has 1 heterocycles. The molecule has 82 valence electrons. The highest BCUT2D eigenvalue weighted by atomic mass is 35.5. The summed E-state index contributed by atoms with van der Waals surface area (Å²) in [7, 11) is 1.76. The standard InChI is InChI=1S/C12H15NO.ClH/c1-14-11-5-3-2-4-10(11)12-6-9(12)7-13-8-12;/h2-5,9,13H,6-8H2,1H3;1H. The Labute approximate surface area is 96.4 Å². The molecule has 0 aromatic heterocycles. The largest absolute Gasteiger partial charge is 0.496 e. The molecule has 2 fully saturated rings. The first-order valence-corrected chi connectivity index (χ1v) is 5.21. The van der Waals surface area contributed by atoms with Crippen LogP contribution in [0.25, 0.3) is 0 Å². The van der Waals surface area contributed by atoms with Gasteiger partial charge in [-0.2, -0.15) is 0 Å². The predicted octanol–water partition coefficient (Wildman–Crippen LogP) is 1.98. The Hall–Kier alpha value is -0.730. The second kappa shape index (κ2) is 3.69. The van der Waals surface area contributed by atoms with Gasteiger partial charge in [0.2, 0.25) is 0 Å². The third-order valence-electron chi connectivity index (χ3n) is 3.71. The zero-order valence-electron chi connectivity index (χ0n) is 8.82. The van der Waals surface area contributed by atoms with Crippen LogP contribution in [0.2, 0.25) is 0 Å². The van der Waals surface area contributed by atoms with Gasteiger partial charge in [-0.15, -0.1) is 12.4 Å². The van der Waals surface area contributed by atoms with Crippen LogP contribution in [0.1, 0.15) is 12.0 Å². The number of hydrogen-bond acceptors (Lipinski definition) is 2. The zero-order valence-corrected chi connectivity index (χ0v) is 9.64. The second-order valence-electron chi connectivity index (χ2n) is 4.39. The molecule has 2 atom stereocenters. The second-order valence-corrected chi connectivity index (χ2v) is 4.39. The molecule has 1 aliphatic carbocycles. The molecule has 1 aromatic carbocycles. The summed E-state index contributed by atoms with van der Waals surface area (Å²) in [6.45, 7) is 2.30. The summed E-state index contributed by atoms with van der Waals surface area (Å²) >= 11 is 0. The normalized spacial score (nSPS) is 31.7. The Bertz CT molecular complexity index is 368. The molecule has 3 heteroatoms. The van der Waals surface area contributed by atoms with Gasteiger partial charge >= 0.3 is 0 Å². The van der Waals surface area contributed by atoms with E-state index in [1.54, 1.807) is 7.11 Å². The molecule has 1 aliphatic heterocycles. The fraction of sp³-hybridized carbons (Fsp3) is 0.500. The molecule has 1 saturated carbocycles. The van der Waals surface area contributed by atoms with Crippen molar-refractivity contribution in [1.29, 1.82) is 0 Å². The van der Waals surface area contributed by atoms with Gasteiger partial charge < -0.3 is 10.1 Å². The lowest BCUT2D eigenvalue weighted by atomic mass is 9.94. The Kier molecular flexibility index (Phi) is 2.65. The fourth-order valence-corrected chi connectivity index (χ4v) is 2.82. The van der Waals surface area contributed by atoms with Gasteiger partial charge in [0.25, 0.3) is 0 Å². The van der Waals surface area contributed by atoms with Crippen LogP contribution in [0.3, 0.4) is 0 Å². The summed E-state index contributed by atoms with van der Waals surface area (Å²) in [5.74, 6) is 1.90. The van der Waals surface area contributed by atoms with E-state index >= 15 is 0 Å². The first kappa shape index (κ1) is 10.8. The summed E-state index contributed by atoms with van der Waals surface area (Å²) in [6.07, 6.45) is 1.33.